The number of aryl methyl sites for hydroxylation is 1. The van der Waals surface area contributed by atoms with Gasteiger partial charge < -0.3 is 10.6 Å². The molecule has 2 N–H and O–H groups in total. The third-order valence-corrected chi connectivity index (χ3v) is 5.51. The molecule has 0 unspecified atom stereocenters. The minimum absolute atomic E-state index is 0.309. The molecule has 1 heterocycles. The van der Waals surface area contributed by atoms with E-state index in [-0.39, 0.29) is 0 Å². The fourth-order valence-corrected chi connectivity index (χ4v) is 3.85. The first-order valence-corrected chi connectivity index (χ1v) is 8.51. The van der Waals surface area contributed by atoms with Crippen molar-refractivity contribution in [1.82, 2.24) is 19.0 Å². The summed E-state index contributed by atoms with van der Waals surface area (Å²) < 4.78 is 28.5. The zero-order valence-electron chi connectivity index (χ0n) is 13.6. The zero-order chi connectivity index (χ0) is 16.2. The molecule has 0 spiro atoms. The van der Waals surface area contributed by atoms with Gasteiger partial charge in [0.25, 0.3) is 0 Å². The van der Waals surface area contributed by atoms with E-state index in [1.807, 2.05) is 19.0 Å². The lowest BCUT2D eigenvalue weighted by Gasteiger charge is -2.18. The van der Waals surface area contributed by atoms with Gasteiger partial charge in [-0.3, -0.25) is 4.68 Å². The zero-order valence-corrected chi connectivity index (χ0v) is 14.4. The van der Waals surface area contributed by atoms with Gasteiger partial charge in [0.1, 0.15) is 4.90 Å². The molecule has 122 valence electrons. The van der Waals surface area contributed by atoms with Gasteiger partial charge in [0.2, 0.25) is 10.0 Å². The molecule has 0 fully saturated rings. The van der Waals surface area contributed by atoms with Crippen molar-refractivity contribution in [1.29, 1.82) is 0 Å². The maximum Gasteiger partial charge on any atom is 0.246 e. The van der Waals surface area contributed by atoms with Crippen molar-refractivity contribution in [3.8, 4) is 0 Å². The molecule has 0 amide bonds. The molecule has 0 aliphatic rings. The first-order chi connectivity index (χ1) is 9.71. The Labute approximate surface area is 127 Å². The lowest BCUT2D eigenvalue weighted by Crippen LogP contribution is -2.30. The quantitative estimate of drug-likeness (QED) is 0.731. The molecule has 1 aromatic heterocycles. The first kappa shape index (κ1) is 18.1. The van der Waals surface area contributed by atoms with Gasteiger partial charge in [0.15, 0.2) is 0 Å². The van der Waals surface area contributed by atoms with Crippen molar-refractivity contribution in [2.24, 2.45) is 5.73 Å². The monoisotopic (exact) mass is 317 g/mol. The van der Waals surface area contributed by atoms with Gasteiger partial charge in [-0.2, -0.15) is 5.10 Å². The second kappa shape index (κ2) is 7.35. The number of nitrogens with zero attached hydrogens (tertiary/aromatic N) is 4. The van der Waals surface area contributed by atoms with Gasteiger partial charge in [0, 0.05) is 20.1 Å². The normalized spacial score (nSPS) is 12.6. The van der Waals surface area contributed by atoms with E-state index in [1.54, 1.807) is 25.6 Å². The molecule has 0 radical (unpaired) electrons. The highest BCUT2D eigenvalue weighted by Crippen LogP contribution is 2.22. The van der Waals surface area contributed by atoms with Gasteiger partial charge >= 0.3 is 0 Å². The average Bonchev–Trinajstić information content (AvgIpc) is 2.64. The van der Waals surface area contributed by atoms with Crippen molar-refractivity contribution in [3.63, 3.8) is 0 Å². The summed E-state index contributed by atoms with van der Waals surface area (Å²) in [6.07, 6.45) is 0.789. The van der Waals surface area contributed by atoms with Gasteiger partial charge in [0.05, 0.1) is 17.9 Å². The van der Waals surface area contributed by atoms with Crippen molar-refractivity contribution >= 4 is 10.0 Å². The second-order valence-corrected chi connectivity index (χ2v) is 7.48. The molecule has 0 bridgehead atoms. The summed E-state index contributed by atoms with van der Waals surface area (Å²) in [7, 11) is 2.05. The van der Waals surface area contributed by atoms with Crippen LogP contribution in [0.15, 0.2) is 4.90 Å². The summed E-state index contributed by atoms with van der Waals surface area (Å²) in [5.41, 5.74) is 6.70. The molecule has 0 saturated heterocycles. The molecular formula is C13H27N5O2S. The van der Waals surface area contributed by atoms with Crippen LogP contribution in [0.1, 0.15) is 17.8 Å². The Kier molecular flexibility index (Phi) is 6.33. The summed E-state index contributed by atoms with van der Waals surface area (Å²) in [6.45, 7) is 5.79. The lowest BCUT2D eigenvalue weighted by atomic mass is 10.4. The molecule has 0 aromatic carbocycles. The third kappa shape index (κ3) is 4.26. The van der Waals surface area contributed by atoms with E-state index in [2.05, 4.69) is 5.10 Å². The largest absolute Gasteiger partial charge is 0.329 e. The Bertz CT molecular complexity index is 565. The molecule has 0 atom stereocenters. The summed E-state index contributed by atoms with van der Waals surface area (Å²) >= 11 is 0. The van der Waals surface area contributed by atoms with E-state index < -0.39 is 10.0 Å². The van der Waals surface area contributed by atoms with E-state index in [0.717, 1.165) is 13.0 Å². The number of rotatable bonds is 8. The number of nitrogens with two attached hydrogens (primary N) is 1. The molecule has 0 aliphatic heterocycles. The van der Waals surface area contributed by atoms with E-state index in [4.69, 9.17) is 5.73 Å². The highest BCUT2D eigenvalue weighted by molar-refractivity contribution is 7.89. The van der Waals surface area contributed by atoms with E-state index >= 15 is 0 Å². The van der Waals surface area contributed by atoms with Crippen LogP contribution in [0.3, 0.4) is 0 Å². The molecule has 7 nitrogen and oxygen atoms in total. The number of sulfonamides is 1. The van der Waals surface area contributed by atoms with Crippen LogP contribution in [0.4, 0.5) is 0 Å². The van der Waals surface area contributed by atoms with Gasteiger partial charge in [-0.25, -0.2) is 12.7 Å². The Morgan fingerprint density at radius 3 is 2.33 bits per heavy atom. The highest BCUT2D eigenvalue weighted by atomic mass is 32.2. The van der Waals surface area contributed by atoms with Crippen molar-refractivity contribution in [3.05, 3.63) is 11.4 Å². The smallest absolute Gasteiger partial charge is 0.246 e. The average molecular weight is 317 g/mol. The van der Waals surface area contributed by atoms with Gasteiger partial charge in [-0.15, -0.1) is 0 Å². The fourth-order valence-electron chi connectivity index (χ4n) is 2.28. The van der Waals surface area contributed by atoms with Crippen molar-refractivity contribution in [2.45, 2.75) is 31.7 Å². The molecular weight excluding hydrogens is 290 g/mol. The Hall–Kier alpha value is -0.960. The molecule has 0 saturated carbocycles. The van der Waals surface area contributed by atoms with Gasteiger partial charge in [-0.1, -0.05) is 0 Å². The van der Waals surface area contributed by atoms with Crippen LogP contribution in [-0.2, 0) is 16.6 Å². The number of hydrogen-bond acceptors (Lipinski definition) is 5. The van der Waals surface area contributed by atoms with Crippen LogP contribution in [0.2, 0.25) is 0 Å². The lowest BCUT2D eigenvalue weighted by molar-refractivity contribution is 0.370. The second-order valence-electron chi connectivity index (χ2n) is 5.50. The molecule has 1 aromatic rings. The summed E-state index contributed by atoms with van der Waals surface area (Å²) in [4.78, 5) is 2.35. The molecule has 0 aliphatic carbocycles. The molecule has 21 heavy (non-hydrogen) atoms. The first-order valence-electron chi connectivity index (χ1n) is 7.07. The Morgan fingerprint density at radius 2 is 1.81 bits per heavy atom. The highest BCUT2D eigenvalue weighted by Gasteiger charge is 2.28. The topological polar surface area (TPSA) is 84.5 Å². The van der Waals surface area contributed by atoms with Crippen LogP contribution in [0, 0.1) is 13.8 Å². The van der Waals surface area contributed by atoms with Gasteiger partial charge in [-0.05, 0) is 40.9 Å². The van der Waals surface area contributed by atoms with Crippen LogP contribution >= 0.6 is 0 Å². The van der Waals surface area contributed by atoms with Crippen molar-refractivity contribution in [2.75, 3.05) is 40.8 Å². The minimum Gasteiger partial charge on any atom is -0.329 e. The van der Waals surface area contributed by atoms with Crippen molar-refractivity contribution < 1.29 is 8.42 Å². The summed E-state index contributed by atoms with van der Waals surface area (Å²) in [5, 5.41) is 4.28. The van der Waals surface area contributed by atoms with Crippen LogP contribution in [0.5, 0.6) is 0 Å². The minimum atomic E-state index is -3.51. The van der Waals surface area contributed by atoms with E-state index in [1.165, 1.54) is 4.31 Å². The maximum atomic E-state index is 12.7. The van der Waals surface area contributed by atoms with Crippen LogP contribution in [-0.4, -0.2) is 68.2 Å². The van der Waals surface area contributed by atoms with E-state index in [0.29, 0.717) is 35.9 Å². The van der Waals surface area contributed by atoms with Crippen LogP contribution in [0.25, 0.3) is 0 Å². The fraction of sp³-hybridized carbons (Fsp3) is 0.769. The SMILES string of the molecule is Cc1nn(CCN)c(C)c1S(=O)(=O)N(C)CCCN(C)C. The summed E-state index contributed by atoms with van der Waals surface area (Å²) in [6, 6.07) is 0. The molecule has 8 heteroatoms. The number of hydrogen-bond donors (Lipinski definition) is 1. The predicted octanol–water partition coefficient (Wildman–Crippen LogP) is 0.0308. The maximum absolute atomic E-state index is 12.7. The molecule has 1 rings (SSSR count). The third-order valence-electron chi connectivity index (χ3n) is 3.40. The Balaban J connectivity index is 2.97. The standard InChI is InChI=1S/C13H27N5O2S/c1-11-13(12(2)18(15-11)10-7-14)21(19,20)17(5)9-6-8-16(3)4/h6-10,14H2,1-5H3. The van der Waals surface area contributed by atoms with E-state index in [9.17, 15) is 8.42 Å². The summed E-state index contributed by atoms with van der Waals surface area (Å²) in [5.74, 6) is 0. The Morgan fingerprint density at radius 1 is 1.19 bits per heavy atom. The van der Waals surface area contributed by atoms with Crippen LogP contribution < -0.4 is 5.73 Å². The number of aromatic nitrogens is 2. The predicted molar refractivity (Wildman–Crippen MR) is 83.7 cm³/mol.